The van der Waals surface area contributed by atoms with Crippen LogP contribution in [0, 0.1) is 0 Å². The first-order chi connectivity index (χ1) is 8.40. The minimum Gasteiger partial charge on any atom is -0.487 e. The molecule has 0 aliphatic heterocycles. The van der Waals surface area contributed by atoms with Crippen molar-refractivity contribution in [2.75, 3.05) is 11.9 Å². The molecule has 0 atom stereocenters. The smallest absolute Gasteiger partial charge is 0.142 e. The van der Waals surface area contributed by atoms with Crippen LogP contribution in [0.15, 0.2) is 54.6 Å². The van der Waals surface area contributed by atoms with Crippen LogP contribution >= 0.6 is 0 Å². The van der Waals surface area contributed by atoms with Crippen molar-refractivity contribution in [3.05, 3.63) is 60.2 Å². The van der Waals surface area contributed by atoms with Gasteiger partial charge in [-0.3, -0.25) is 0 Å². The normalized spacial score (nSPS) is 9.94. The predicted octanol–water partition coefficient (Wildman–Crippen LogP) is 3.70. The van der Waals surface area contributed by atoms with Gasteiger partial charge >= 0.3 is 0 Å². The Morgan fingerprint density at radius 3 is 2.41 bits per heavy atom. The van der Waals surface area contributed by atoms with Crippen LogP contribution < -0.4 is 10.1 Å². The summed E-state index contributed by atoms with van der Waals surface area (Å²) in [5.41, 5.74) is 2.23. The van der Waals surface area contributed by atoms with E-state index in [0.29, 0.717) is 6.61 Å². The van der Waals surface area contributed by atoms with Gasteiger partial charge in [0.25, 0.3) is 0 Å². The van der Waals surface area contributed by atoms with E-state index in [1.54, 1.807) is 0 Å². The molecule has 0 bridgehead atoms. The third-order valence-corrected chi connectivity index (χ3v) is 2.49. The van der Waals surface area contributed by atoms with E-state index in [0.717, 1.165) is 18.0 Å². The van der Waals surface area contributed by atoms with Crippen molar-refractivity contribution >= 4 is 5.69 Å². The van der Waals surface area contributed by atoms with E-state index in [-0.39, 0.29) is 0 Å². The summed E-state index contributed by atoms with van der Waals surface area (Å²) in [5, 5.41) is 3.29. The fourth-order valence-corrected chi connectivity index (χ4v) is 1.66. The maximum Gasteiger partial charge on any atom is 0.142 e. The molecule has 2 rings (SSSR count). The van der Waals surface area contributed by atoms with E-state index >= 15 is 0 Å². The first kappa shape index (κ1) is 11.5. The molecule has 0 saturated heterocycles. The lowest BCUT2D eigenvalue weighted by Gasteiger charge is -2.12. The van der Waals surface area contributed by atoms with Gasteiger partial charge in [-0.2, -0.15) is 0 Å². The minimum absolute atomic E-state index is 0.600. The van der Waals surface area contributed by atoms with Gasteiger partial charge < -0.3 is 10.1 Å². The highest BCUT2D eigenvalue weighted by molar-refractivity contribution is 5.56. The van der Waals surface area contributed by atoms with Crippen molar-refractivity contribution < 1.29 is 4.74 Å². The number of benzene rings is 2. The van der Waals surface area contributed by atoms with Crippen LogP contribution in [0.5, 0.6) is 5.75 Å². The highest BCUT2D eigenvalue weighted by Crippen LogP contribution is 2.24. The number of rotatable bonds is 5. The average Bonchev–Trinajstić information content (AvgIpc) is 2.39. The summed E-state index contributed by atoms with van der Waals surface area (Å²) in [6.07, 6.45) is 0. The monoisotopic (exact) mass is 227 g/mol. The van der Waals surface area contributed by atoms with Gasteiger partial charge in [0.2, 0.25) is 0 Å². The van der Waals surface area contributed by atoms with Crippen molar-refractivity contribution in [1.29, 1.82) is 0 Å². The Bertz CT molecular complexity index is 453. The maximum absolute atomic E-state index is 5.81. The highest BCUT2D eigenvalue weighted by Gasteiger charge is 2.01. The van der Waals surface area contributed by atoms with Crippen LogP contribution in [0.3, 0.4) is 0 Å². The number of hydrogen-bond acceptors (Lipinski definition) is 2. The van der Waals surface area contributed by atoms with Crippen LogP contribution in [0.1, 0.15) is 12.5 Å². The molecule has 0 unspecified atom stereocenters. The lowest BCUT2D eigenvalue weighted by Crippen LogP contribution is -2.01. The van der Waals surface area contributed by atoms with Gasteiger partial charge in [0.05, 0.1) is 5.69 Å². The van der Waals surface area contributed by atoms with Crippen LogP contribution in [0.2, 0.25) is 0 Å². The second-order valence-electron chi connectivity index (χ2n) is 3.80. The zero-order valence-electron chi connectivity index (χ0n) is 10.0. The van der Waals surface area contributed by atoms with E-state index in [1.807, 2.05) is 42.5 Å². The summed E-state index contributed by atoms with van der Waals surface area (Å²) in [6, 6.07) is 18.2. The third kappa shape index (κ3) is 3.25. The molecule has 0 spiro atoms. The Labute approximate surface area is 102 Å². The molecule has 2 heteroatoms. The summed E-state index contributed by atoms with van der Waals surface area (Å²) < 4.78 is 5.81. The van der Waals surface area contributed by atoms with Gasteiger partial charge in [0, 0.05) is 6.54 Å². The number of para-hydroxylation sites is 2. The fraction of sp³-hybridized carbons (Fsp3) is 0.200. The van der Waals surface area contributed by atoms with E-state index < -0.39 is 0 Å². The molecule has 17 heavy (non-hydrogen) atoms. The zero-order valence-corrected chi connectivity index (χ0v) is 10.0. The Kier molecular flexibility index (Phi) is 4.03. The molecule has 0 radical (unpaired) electrons. The van der Waals surface area contributed by atoms with E-state index in [1.165, 1.54) is 5.56 Å². The van der Waals surface area contributed by atoms with Gasteiger partial charge in [-0.25, -0.2) is 0 Å². The largest absolute Gasteiger partial charge is 0.487 e. The molecular formula is C15H17NO. The molecule has 2 aromatic rings. The van der Waals surface area contributed by atoms with Crippen LogP contribution in [-0.4, -0.2) is 6.54 Å². The molecule has 0 saturated carbocycles. The summed E-state index contributed by atoms with van der Waals surface area (Å²) in [7, 11) is 0. The molecular weight excluding hydrogens is 210 g/mol. The topological polar surface area (TPSA) is 21.3 Å². The van der Waals surface area contributed by atoms with E-state index in [2.05, 4.69) is 24.4 Å². The summed E-state index contributed by atoms with van der Waals surface area (Å²) in [6.45, 7) is 3.57. The van der Waals surface area contributed by atoms with Crippen molar-refractivity contribution in [2.24, 2.45) is 0 Å². The molecule has 0 amide bonds. The molecule has 0 fully saturated rings. The number of hydrogen-bond donors (Lipinski definition) is 1. The first-order valence-electron chi connectivity index (χ1n) is 5.90. The van der Waals surface area contributed by atoms with Gasteiger partial charge in [0.1, 0.15) is 12.4 Å². The first-order valence-corrected chi connectivity index (χ1v) is 5.90. The number of ether oxygens (including phenoxy) is 1. The third-order valence-electron chi connectivity index (χ3n) is 2.49. The van der Waals surface area contributed by atoms with Crippen molar-refractivity contribution in [2.45, 2.75) is 13.5 Å². The standard InChI is InChI=1S/C15H17NO/c1-2-16-14-10-6-7-11-15(14)17-12-13-8-4-3-5-9-13/h3-11,16H,2,12H2,1H3. The molecule has 0 aromatic heterocycles. The minimum atomic E-state index is 0.600. The van der Waals surface area contributed by atoms with E-state index in [4.69, 9.17) is 4.74 Å². The molecule has 1 N–H and O–H groups in total. The zero-order chi connectivity index (χ0) is 11.9. The molecule has 2 aromatic carbocycles. The maximum atomic E-state index is 5.81. The van der Waals surface area contributed by atoms with Crippen LogP contribution in [0.25, 0.3) is 0 Å². The molecule has 0 heterocycles. The second kappa shape index (κ2) is 5.94. The molecule has 0 aliphatic rings. The lowest BCUT2D eigenvalue weighted by atomic mass is 10.2. The van der Waals surface area contributed by atoms with Crippen LogP contribution in [0.4, 0.5) is 5.69 Å². The Hall–Kier alpha value is -1.96. The Morgan fingerprint density at radius 2 is 1.65 bits per heavy atom. The van der Waals surface area contributed by atoms with E-state index in [9.17, 15) is 0 Å². The fourth-order valence-electron chi connectivity index (χ4n) is 1.66. The Morgan fingerprint density at radius 1 is 0.941 bits per heavy atom. The average molecular weight is 227 g/mol. The molecule has 88 valence electrons. The SMILES string of the molecule is CCNc1ccccc1OCc1ccccc1. The van der Waals surface area contributed by atoms with Gasteiger partial charge in [-0.1, -0.05) is 42.5 Å². The summed E-state index contributed by atoms with van der Waals surface area (Å²) >= 11 is 0. The molecule has 0 aliphatic carbocycles. The lowest BCUT2D eigenvalue weighted by molar-refractivity contribution is 0.307. The van der Waals surface area contributed by atoms with Gasteiger partial charge in [-0.05, 0) is 24.6 Å². The number of nitrogens with one attached hydrogen (secondary N) is 1. The quantitative estimate of drug-likeness (QED) is 0.841. The summed E-state index contributed by atoms with van der Waals surface area (Å²) in [4.78, 5) is 0. The molecule has 2 nitrogen and oxygen atoms in total. The predicted molar refractivity (Wildman–Crippen MR) is 71.4 cm³/mol. The van der Waals surface area contributed by atoms with Gasteiger partial charge in [-0.15, -0.1) is 0 Å². The second-order valence-corrected chi connectivity index (χ2v) is 3.80. The van der Waals surface area contributed by atoms with Gasteiger partial charge in [0.15, 0.2) is 0 Å². The Balaban J connectivity index is 2.03. The van der Waals surface area contributed by atoms with Crippen molar-refractivity contribution in [3.8, 4) is 5.75 Å². The summed E-state index contributed by atoms with van der Waals surface area (Å²) in [5.74, 6) is 0.901. The highest BCUT2D eigenvalue weighted by atomic mass is 16.5. The van der Waals surface area contributed by atoms with Crippen molar-refractivity contribution in [1.82, 2.24) is 0 Å². The van der Waals surface area contributed by atoms with Crippen LogP contribution in [-0.2, 0) is 6.61 Å². The number of anilines is 1. The van der Waals surface area contributed by atoms with Crippen molar-refractivity contribution in [3.63, 3.8) is 0 Å².